The van der Waals surface area contributed by atoms with E-state index in [0.717, 1.165) is 0 Å². The van der Waals surface area contributed by atoms with Gasteiger partial charge >= 0.3 is 0 Å². The number of carbonyl (C=O) groups excluding carboxylic acids is 2. The van der Waals surface area contributed by atoms with Crippen molar-refractivity contribution in [3.63, 3.8) is 0 Å². The summed E-state index contributed by atoms with van der Waals surface area (Å²) in [6, 6.07) is 23.6. The molecule has 0 radical (unpaired) electrons. The molecule has 0 saturated heterocycles. The number of aromatic nitrogens is 4. The zero-order valence-electron chi connectivity index (χ0n) is 18.9. The van der Waals surface area contributed by atoms with Crippen molar-refractivity contribution in [2.45, 2.75) is 9.79 Å². The Labute approximate surface area is 209 Å². The van der Waals surface area contributed by atoms with Gasteiger partial charge in [0.25, 0.3) is 11.8 Å². The van der Waals surface area contributed by atoms with E-state index in [9.17, 15) is 18.0 Å². The van der Waals surface area contributed by atoms with Gasteiger partial charge in [-0.3, -0.25) is 18.7 Å². The zero-order valence-corrected chi connectivity index (χ0v) is 19.7. The van der Waals surface area contributed by atoms with Crippen LogP contribution < -0.4 is 0 Å². The number of fused-ring (bicyclic) bond motifs is 10. The van der Waals surface area contributed by atoms with E-state index in [2.05, 4.69) is 9.97 Å². The Morgan fingerprint density at radius 2 is 1.03 bits per heavy atom. The van der Waals surface area contributed by atoms with Gasteiger partial charge in [0.15, 0.2) is 0 Å². The summed E-state index contributed by atoms with van der Waals surface area (Å²) in [7, 11) is -4.00. The molecular formula is C28H14N4O4S. The molecule has 0 spiro atoms. The number of hydrogen-bond donors (Lipinski definition) is 0. The Morgan fingerprint density at radius 3 is 1.65 bits per heavy atom. The molecule has 0 saturated carbocycles. The number of carbonyl (C=O) groups is 2. The van der Waals surface area contributed by atoms with Crippen LogP contribution in [-0.2, 0) is 9.84 Å². The molecule has 0 N–H and O–H groups in total. The Bertz CT molecular complexity index is 2150. The molecule has 8 nitrogen and oxygen atoms in total. The highest BCUT2D eigenvalue weighted by Crippen LogP contribution is 2.39. The van der Waals surface area contributed by atoms with Gasteiger partial charge in [0.1, 0.15) is 11.6 Å². The number of imidazole rings is 2. The SMILES string of the molecule is O=C1c2cc(S(=O)(=O)c3ccc4c(c3)-c3nc5ccccc5n3C4=O)ccc2-c2nc3ccccc3n21. The summed E-state index contributed by atoms with van der Waals surface area (Å²) in [5, 5.41) is 0. The fraction of sp³-hybridized carbons (Fsp3) is 0. The Kier molecular flexibility index (Phi) is 3.65. The highest BCUT2D eigenvalue weighted by Gasteiger charge is 2.34. The quantitative estimate of drug-likeness (QED) is 0.343. The van der Waals surface area contributed by atoms with E-state index >= 15 is 0 Å². The van der Waals surface area contributed by atoms with E-state index in [1.165, 1.54) is 39.5 Å². The van der Waals surface area contributed by atoms with Crippen molar-refractivity contribution in [2.24, 2.45) is 0 Å². The molecule has 6 aromatic rings. The van der Waals surface area contributed by atoms with Gasteiger partial charge in [0.05, 0.1) is 43.0 Å². The van der Waals surface area contributed by atoms with Crippen LogP contribution in [0.1, 0.15) is 20.7 Å². The summed E-state index contributed by atoms with van der Waals surface area (Å²) >= 11 is 0. The molecule has 0 atom stereocenters. The normalized spacial score (nSPS) is 13.7. The molecule has 0 unspecified atom stereocenters. The van der Waals surface area contributed by atoms with E-state index in [0.29, 0.717) is 50.4 Å². The lowest BCUT2D eigenvalue weighted by atomic mass is 10.1. The highest BCUT2D eigenvalue weighted by atomic mass is 32.2. The lowest BCUT2D eigenvalue weighted by Gasteiger charge is -2.08. The number of sulfone groups is 1. The summed E-state index contributed by atoms with van der Waals surface area (Å²) in [6.07, 6.45) is 0. The predicted molar refractivity (Wildman–Crippen MR) is 135 cm³/mol. The van der Waals surface area contributed by atoms with Crippen LogP contribution in [0.25, 0.3) is 44.8 Å². The molecule has 9 heteroatoms. The van der Waals surface area contributed by atoms with Gasteiger partial charge in [-0.1, -0.05) is 24.3 Å². The topological polar surface area (TPSA) is 104 Å². The lowest BCUT2D eigenvalue weighted by molar-refractivity contribution is 0.0965. The Morgan fingerprint density at radius 1 is 0.541 bits per heavy atom. The lowest BCUT2D eigenvalue weighted by Crippen LogP contribution is -2.08. The van der Waals surface area contributed by atoms with Crippen LogP contribution >= 0.6 is 0 Å². The number of hydrogen-bond acceptors (Lipinski definition) is 6. The second-order valence-electron chi connectivity index (χ2n) is 9.05. The minimum Gasteiger partial charge on any atom is -0.268 e. The van der Waals surface area contributed by atoms with Crippen molar-refractivity contribution in [1.29, 1.82) is 0 Å². The predicted octanol–water partition coefficient (Wildman–Crippen LogP) is 4.56. The van der Waals surface area contributed by atoms with Crippen LogP contribution in [0, 0.1) is 0 Å². The van der Waals surface area contributed by atoms with E-state index in [-0.39, 0.29) is 27.2 Å². The van der Waals surface area contributed by atoms with Gasteiger partial charge in [-0.25, -0.2) is 18.4 Å². The average Bonchev–Trinajstić information content (AvgIpc) is 3.63. The van der Waals surface area contributed by atoms with Crippen LogP contribution in [0.5, 0.6) is 0 Å². The van der Waals surface area contributed by atoms with Gasteiger partial charge in [-0.05, 0) is 60.7 Å². The monoisotopic (exact) mass is 502 g/mol. The number of rotatable bonds is 2. The fourth-order valence-corrected chi connectivity index (χ4v) is 6.64. The number of nitrogens with zero attached hydrogens (tertiary/aromatic N) is 4. The van der Waals surface area contributed by atoms with Crippen LogP contribution in [-0.4, -0.2) is 39.3 Å². The molecular weight excluding hydrogens is 488 g/mol. The van der Waals surface area contributed by atoms with Crippen molar-refractivity contribution in [1.82, 2.24) is 19.1 Å². The third-order valence-corrected chi connectivity index (χ3v) is 8.82. The van der Waals surface area contributed by atoms with Crippen molar-refractivity contribution < 1.29 is 18.0 Å². The van der Waals surface area contributed by atoms with Crippen molar-refractivity contribution in [3.05, 3.63) is 96.1 Å². The molecule has 176 valence electrons. The first-order chi connectivity index (χ1) is 17.9. The third kappa shape index (κ3) is 2.48. The molecule has 2 aliphatic rings. The fourth-order valence-electron chi connectivity index (χ4n) is 5.33. The molecule has 37 heavy (non-hydrogen) atoms. The molecule has 0 amide bonds. The first kappa shape index (κ1) is 20.3. The molecule has 2 aromatic heterocycles. The average molecular weight is 503 g/mol. The summed E-state index contributed by atoms with van der Waals surface area (Å²) < 4.78 is 30.4. The van der Waals surface area contributed by atoms with Crippen molar-refractivity contribution >= 4 is 43.7 Å². The van der Waals surface area contributed by atoms with Crippen molar-refractivity contribution in [2.75, 3.05) is 0 Å². The first-order valence-electron chi connectivity index (χ1n) is 11.5. The third-order valence-electron chi connectivity index (χ3n) is 7.07. The molecule has 8 rings (SSSR count). The summed E-state index contributed by atoms with van der Waals surface area (Å²) in [5.41, 5.74) is 4.44. The van der Waals surface area contributed by atoms with Crippen LogP contribution in [0.3, 0.4) is 0 Å². The standard InChI is InChI=1S/C28H14N4O4S/c33-27-18-12-10-15(13-19(18)26-30-22-6-2-4-8-24(22)32(26)27)37(35,36)16-9-11-17-20(14-16)28(34)31-23-7-3-1-5-21(23)29-25(17)31/h1-14H. The van der Waals surface area contributed by atoms with E-state index in [4.69, 9.17) is 0 Å². The minimum absolute atomic E-state index is 0.00700. The summed E-state index contributed by atoms with van der Waals surface area (Å²) in [5.74, 6) is 0.358. The Balaban J connectivity index is 1.26. The second kappa shape index (κ2) is 6.65. The highest BCUT2D eigenvalue weighted by molar-refractivity contribution is 7.91. The van der Waals surface area contributed by atoms with Gasteiger partial charge in [-0.2, -0.15) is 0 Å². The largest absolute Gasteiger partial charge is 0.268 e. The Hall–Kier alpha value is -4.89. The van der Waals surface area contributed by atoms with Gasteiger partial charge in [0.2, 0.25) is 9.84 Å². The van der Waals surface area contributed by atoms with Gasteiger partial charge < -0.3 is 0 Å². The van der Waals surface area contributed by atoms with E-state index < -0.39 is 9.84 Å². The molecule has 4 heterocycles. The zero-order chi connectivity index (χ0) is 25.1. The van der Waals surface area contributed by atoms with E-state index in [1.807, 2.05) is 48.5 Å². The summed E-state index contributed by atoms with van der Waals surface area (Å²) in [6.45, 7) is 0. The molecule has 0 fully saturated rings. The van der Waals surface area contributed by atoms with Crippen LogP contribution in [0.2, 0.25) is 0 Å². The maximum Gasteiger partial charge on any atom is 0.264 e. The smallest absolute Gasteiger partial charge is 0.264 e. The minimum atomic E-state index is -4.00. The molecule has 4 aromatic carbocycles. The van der Waals surface area contributed by atoms with Crippen molar-refractivity contribution in [3.8, 4) is 22.8 Å². The van der Waals surface area contributed by atoms with Crippen LogP contribution in [0.4, 0.5) is 0 Å². The molecule has 0 aliphatic carbocycles. The van der Waals surface area contributed by atoms with E-state index in [1.54, 1.807) is 6.07 Å². The number of para-hydroxylation sites is 4. The summed E-state index contributed by atoms with van der Waals surface area (Å²) in [4.78, 5) is 35.5. The first-order valence-corrected chi connectivity index (χ1v) is 13.0. The van der Waals surface area contributed by atoms with Gasteiger partial charge in [-0.15, -0.1) is 0 Å². The second-order valence-corrected chi connectivity index (χ2v) is 11.0. The van der Waals surface area contributed by atoms with Gasteiger partial charge in [0, 0.05) is 11.1 Å². The number of benzene rings is 4. The maximum absolute atomic E-state index is 13.7. The molecule has 0 bridgehead atoms. The van der Waals surface area contributed by atoms with Crippen LogP contribution in [0.15, 0.2) is 94.7 Å². The maximum atomic E-state index is 13.7. The molecule has 2 aliphatic heterocycles.